The fraction of sp³-hybridized carbons (Fsp3) is 0.182. The maximum absolute atomic E-state index is 10.4. The van der Waals surface area contributed by atoms with Gasteiger partial charge in [-0.1, -0.05) is 42.0 Å². The van der Waals surface area contributed by atoms with Crippen molar-refractivity contribution in [3.05, 3.63) is 27.7 Å². The standard InChI is InChI=1S/C11H9Cl2NO2/c1-2-3-4-7-9(14-11(15)16)6-5-8(12)10(7)13/h5-6,14H,2H2,1H3,(H,15,16)/p-1. The second-order valence-electron chi connectivity index (χ2n) is 2.85. The molecule has 0 aliphatic heterocycles. The fourth-order valence-corrected chi connectivity index (χ4v) is 1.43. The van der Waals surface area contributed by atoms with Gasteiger partial charge in [0.15, 0.2) is 0 Å². The van der Waals surface area contributed by atoms with Gasteiger partial charge in [-0.05, 0) is 12.1 Å². The molecule has 0 aromatic heterocycles. The summed E-state index contributed by atoms with van der Waals surface area (Å²) in [5.74, 6) is 5.56. The van der Waals surface area contributed by atoms with Gasteiger partial charge >= 0.3 is 0 Å². The Morgan fingerprint density at radius 2 is 2.19 bits per heavy atom. The van der Waals surface area contributed by atoms with Gasteiger partial charge in [0.2, 0.25) is 0 Å². The van der Waals surface area contributed by atoms with Crippen LogP contribution in [0.3, 0.4) is 0 Å². The fourth-order valence-electron chi connectivity index (χ4n) is 1.06. The third kappa shape index (κ3) is 3.06. The number of rotatable bonds is 1. The number of amides is 1. The van der Waals surface area contributed by atoms with E-state index in [1.165, 1.54) is 12.1 Å². The smallest absolute Gasteiger partial charge is 0.138 e. The summed E-state index contributed by atoms with van der Waals surface area (Å²) >= 11 is 11.7. The number of carbonyl (C=O) groups is 1. The summed E-state index contributed by atoms with van der Waals surface area (Å²) in [6.07, 6.45) is -0.786. The van der Waals surface area contributed by atoms with Gasteiger partial charge in [0.05, 0.1) is 21.3 Å². The molecule has 0 atom stereocenters. The van der Waals surface area contributed by atoms with E-state index in [-0.39, 0.29) is 10.7 Å². The molecule has 16 heavy (non-hydrogen) atoms. The van der Waals surface area contributed by atoms with Gasteiger partial charge in [-0.2, -0.15) is 0 Å². The summed E-state index contributed by atoms with van der Waals surface area (Å²) in [6.45, 7) is 1.87. The lowest BCUT2D eigenvalue weighted by molar-refractivity contribution is -0.242. The highest BCUT2D eigenvalue weighted by atomic mass is 35.5. The van der Waals surface area contributed by atoms with Crippen LogP contribution in [0.5, 0.6) is 0 Å². The van der Waals surface area contributed by atoms with Crippen molar-refractivity contribution in [1.29, 1.82) is 0 Å². The van der Waals surface area contributed by atoms with Crippen molar-refractivity contribution in [2.24, 2.45) is 0 Å². The van der Waals surface area contributed by atoms with Crippen molar-refractivity contribution < 1.29 is 9.90 Å². The van der Waals surface area contributed by atoms with E-state index in [2.05, 4.69) is 17.2 Å². The summed E-state index contributed by atoms with van der Waals surface area (Å²) in [5, 5.41) is 13.1. The maximum Gasteiger partial charge on any atom is 0.138 e. The highest BCUT2D eigenvalue weighted by molar-refractivity contribution is 6.43. The molecule has 0 spiro atoms. The second kappa shape index (κ2) is 5.64. The Balaban J connectivity index is 3.26. The molecule has 0 fully saturated rings. The molecule has 0 saturated heterocycles. The number of benzene rings is 1. The molecule has 1 N–H and O–H groups in total. The normalized spacial score (nSPS) is 9.19. The number of carboxylic acid groups (broad SMARTS) is 1. The molecular weight excluding hydrogens is 249 g/mol. The van der Waals surface area contributed by atoms with E-state index in [1.54, 1.807) is 0 Å². The van der Waals surface area contributed by atoms with Crippen LogP contribution in [0, 0.1) is 11.8 Å². The first kappa shape index (κ1) is 12.7. The van der Waals surface area contributed by atoms with Crippen LogP contribution in [0.2, 0.25) is 10.0 Å². The first-order chi connectivity index (χ1) is 7.56. The first-order valence-corrected chi connectivity index (χ1v) is 5.26. The minimum atomic E-state index is -1.42. The molecule has 0 bridgehead atoms. The number of hydrogen-bond donors (Lipinski definition) is 1. The van der Waals surface area contributed by atoms with E-state index in [4.69, 9.17) is 23.2 Å². The van der Waals surface area contributed by atoms with E-state index in [0.717, 1.165) is 0 Å². The van der Waals surface area contributed by atoms with Gasteiger partial charge < -0.3 is 15.2 Å². The van der Waals surface area contributed by atoms with Crippen LogP contribution in [0.1, 0.15) is 18.9 Å². The van der Waals surface area contributed by atoms with Gasteiger partial charge in [-0.15, -0.1) is 0 Å². The molecule has 1 aromatic carbocycles. The van der Waals surface area contributed by atoms with Crippen LogP contribution in [-0.2, 0) is 0 Å². The number of anilines is 1. The van der Waals surface area contributed by atoms with Crippen LogP contribution >= 0.6 is 23.2 Å². The van der Waals surface area contributed by atoms with Gasteiger partial charge in [0.1, 0.15) is 6.09 Å². The Labute approximate surface area is 103 Å². The van der Waals surface area contributed by atoms with E-state index in [0.29, 0.717) is 17.0 Å². The zero-order chi connectivity index (χ0) is 12.1. The highest BCUT2D eigenvalue weighted by Gasteiger charge is 2.08. The summed E-state index contributed by atoms with van der Waals surface area (Å²) in [7, 11) is 0. The molecule has 0 aliphatic carbocycles. The Morgan fingerprint density at radius 1 is 1.50 bits per heavy atom. The molecule has 0 heterocycles. The van der Waals surface area contributed by atoms with Gasteiger partial charge in [-0.25, -0.2) is 0 Å². The topological polar surface area (TPSA) is 52.2 Å². The van der Waals surface area contributed by atoms with Crippen LogP contribution in [0.15, 0.2) is 12.1 Å². The SMILES string of the molecule is CCC#Cc1c(NC(=O)[O-])ccc(Cl)c1Cl. The minimum absolute atomic E-state index is 0.230. The highest BCUT2D eigenvalue weighted by Crippen LogP contribution is 2.30. The van der Waals surface area contributed by atoms with Crippen LogP contribution in [0.4, 0.5) is 10.5 Å². The molecule has 84 valence electrons. The number of carbonyl (C=O) groups excluding carboxylic acids is 1. The Hall–Kier alpha value is -1.37. The monoisotopic (exact) mass is 256 g/mol. The molecule has 1 rings (SSSR count). The van der Waals surface area contributed by atoms with E-state index in [9.17, 15) is 9.90 Å². The van der Waals surface area contributed by atoms with E-state index in [1.807, 2.05) is 6.92 Å². The van der Waals surface area contributed by atoms with Crippen molar-refractivity contribution in [2.75, 3.05) is 5.32 Å². The summed E-state index contributed by atoms with van der Waals surface area (Å²) in [4.78, 5) is 10.4. The average molecular weight is 257 g/mol. The average Bonchev–Trinajstić information content (AvgIpc) is 2.22. The van der Waals surface area contributed by atoms with Crippen molar-refractivity contribution >= 4 is 35.0 Å². The van der Waals surface area contributed by atoms with Crippen molar-refractivity contribution in [3.63, 3.8) is 0 Å². The molecule has 3 nitrogen and oxygen atoms in total. The molecule has 0 radical (unpaired) electrons. The van der Waals surface area contributed by atoms with Crippen LogP contribution in [-0.4, -0.2) is 6.09 Å². The molecule has 0 aliphatic rings. The van der Waals surface area contributed by atoms with Gasteiger partial charge in [-0.3, -0.25) is 0 Å². The molecular formula is C11H8Cl2NO2-. The second-order valence-corrected chi connectivity index (χ2v) is 3.64. The zero-order valence-electron chi connectivity index (χ0n) is 8.43. The Bertz CT molecular complexity index is 475. The molecule has 1 amide bonds. The number of halogens is 2. The van der Waals surface area contributed by atoms with Gasteiger partial charge in [0, 0.05) is 6.42 Å². The number of nitrogens with one attached hydrogen (secondary N) is 1. The van der Waals surface area contributed by atoms with Crippen molar-refractivity contribution in [1.82, 2.24) is 0 Å². The predicted molar refractivity (Wildman–Crippen MR) is 62.6 cm³/mol. The lowest BCUT2D eigenvalue weighted by atomic mass is 10.1. The van der Waals surface area contributed by atoms with E-state index < -0.39 is 6.09 Å². The van der Waals surface area contributed by atoms with Crippen LogP contribution in [0.25, 0.3) is 0 Å². The minimum Gasteiger partial charge on any atom is -0.530 e. The Morgan fingerprint density at radius 3 is 2.75 bits per heavy atom. The lowest BCUT2D eigenvalue weighted by Gasteiger charge is -2.10. The van der Waals surface area contributed by atoms with Crippen molar-refractivity contribution in [2.45, 2.75) is 13.3 Å². The maximum atomic E-state index is 10.4. The molecule has 1 aromatic rings. The van der Waals surface area contributed by atoms with E-state index >= 15 is 0 Å². The third-order valence-corrected chi connectivity index (χ3v) is 2.53. The van der Waals surface area contributed by atoms with Crippen molar-refractivity contribution in [3.8, 4) is 11.8 Å². The predicted octanol–water partition coefficient (Wildman–Crippen LogP) is 2.51. The summed E-state index contributed by atoms with van der Waals surface area (Å²) < 4.78 is 0. The quantitative estimate of drug-likeness (QED) is 0.786. The number of hydrogen-bond acceptors (Lipinski definition) is 2. The third-order valence-electron chi connectivity index (χ3n) is 1.72. The first-order valence-electron chi connectivity index (χ1n) is 4.51. The zero-order valence-corrected chi connectivity index (χ0v) is 9.95. The molecule has 5 heteroatoms. The molecule has 0 unspecified atom stereocenters. The van der Waals surface area contributed by atoms with Gasteiger partial charge in [0.25, 0.3) is 0 Å². The van der Waals surface area contributed by atoms with Crippen LogP contribution < -0.4 is 10.4 Å². The summed E-state index contributed by atoms with van der Waals surface area (Å²) in [5.41, 5.74) is 0.635. The molecule has 0 saturated carbocycles. The largest absolute Gasteiger partial charge is 0.530 e. The summed E-state index contributed by atoms with van der Waals surface area (Å²) in [6, 6.07) is 2.98. The lowest BCUT2D eigenvalue weighted by Crippen LogP contribution is -2.29. The Kier molecular flexibility index (Phi) is 4.48.